The molecule has 0 spiro atoms. The maximum atomic E-state index is 12.0. The lowest BCUT2D eigenvalue weighted by molar-refractivity contribution is -0.935. The van der Waals surface area contributed by atoms with Crippen LogP contribution in [0, 0.1) is 17.8 Å². The van der Waals surface area contributed by atoms with Crippen molar-refractivity contribution < 1.29 is 34.2 Å². The molecule has 7 nitrogen and oxygen atoms in total. The lowest BCUT2D eigenvalue weighted by Gasteiger charge is -2.43. The van der Waals surface area contributed by atoms with Crippen molar-refractivity contribution in [3.8, 4) is 0 Å². The van der Waals surface area contributed by atoms with Crippen LogP contribution in [0.5, 0.6) is 0 Å². The highest BCUT2D eigenvalue weighted by Crippen LogP contribution is 2.25. The minimum absolute atomic E-state index is 0.229. The highest BCUT2D eigenvalue weighted by Gasteiger charge is 2.40. The summed E-state index contributed by atoms with van der Waals surface area (Å²) in [6, 6.07) is 0. The van der Waals surface area contributed by atoms with Gasteiger partial charge in [-0.1, -0.05) is 117 Å². The van der Waals surface area contributed by atoms with E-state index in [2.05, 4.69) is 19.1 Å². The van der Waals surface area contributed by atoms with Gasteiger partial charge in [0, 0.05) is 6.42 Å². The smallest absolute Gasteiger partial charge is 0.312 e. The van der Waals surface area contributed by atoms with Crippen molar-refractivity contribution in [1.82, 2.24) is 0 Å². The van der Waals surface area contributed by atoms with Crippen LogP contribution in [-0.2, 0) is 14.4 Å². The van der Waals surface area contributed by atoms with Crippen LogP contribution < -0.4 is 0 Å². The van der Waals surface area contributed by atoms with Gasteiger partial charge in [0.05, 0.1) is 26.2 Å². The first-order chi connectivity index (χ1) is 20.2. The summed E-state index contributed by atoms with van der Waals surface area (Å²) in [5, 5.41) is 29.4. The summed E-state index contributed by atoms with van der Waals surface area (Å²) in [6.45, 7) is 9.13. The van der Waals surface area contributed by atoms with E-state index in [9.17, 15) is 29.7 Å². The summed E-state index contributed by atoms with van der Waals surface area (Å²) in [5.74, 6) is -4.59. The number of aliphatic carboxylic acids is 3. The molecule has 0 saturated carbocycles. The molecule has 0 aromatic rings. The summed E-state index contributed by atoms with van der Waals surface area (Å²) in [4.78, 5) is 35.9. The molecule has 3 N–H and O–H groups in total. The average Bonchev–Trinajstić information content (AvgIpc) is 2.96. The molecule has 42 heavy (non-hydrogen) atoms. The van der Waals surface area contributed by atoms with Crippen LogP contribution in [0.25, 0.3) is 0 Å². The Labute approximate surface area is 257 Å². The molecular formula is C35H66NO6+. The zero-order chi connectivity index (χ0) is 31.6. The van der Waals surface area contributed by atoms with Gasteiger partial charge in [-0.15, -0.1) is 0 Å². The fraction of sp³-hybridized carbons (Fsp3) is 0.857. The Bertz CT molecular complexity index is 677. The van der Waals surface area contributed by atoms with E-state index in [1.807, 2.05) is 20.8 Å². The second-order valence-corrected chi connectivity index (χ2v) is 12.6. The standard InChI is InChI=1S/C35H65NO6/c1-5-9-10-11-12-13-14-15-16-17-18-19-20-21-22-23-24-25-26-36(27-30(6-2)33(37)38,28-31(7-3)34(39)40)29-32(8-4)35(41)42/h22-23,30-32H,5-21,24-29H2,1-4H3,(H2-,37,38,39,40,41,42)/p+1/b23-22+. The predicted octanol–water partition coefficient (Wildman–Crippen LogP) is 8.95. The van der Waals surface area contributed by atoms with Crippen LogP contribution in [0.4, 0.5) is 0 Å². The molecule has 3 unspecified atom stereocenters. The first-order valence-electron chi connectivity index (χ1n) is 17.3. The van der Waals surface area contributed by atoms with Gasteiger partial charge >= 0.3 is 17.9 Å². The van der Waals surface area contributed by atoms with Crippen molar-refractivity contribution in [2.24, 2.45) is 17.8 Å². The van der Waals surface area contributed by atoms with Crippen LogP contribution >= 0.6 is 0 Å². The number of carboxylic acid groups (broad SMARTS) is 3. The number of carboxylic acids is 3. The molecule has 0 fully saturated rings. The number of hydrogen-bond donors (Lipinski definition) is 3. The van der Waals surface area contributed by atoms with Crippen LogP contribution in [0.1, 0.15) is 150 Å². The van der Waals surface area contributed by atoms with Crippen molar-refractivity contribution in [1.29, 1.82) is 0 Å². The summed E-state index contributed by atoms with van der Waals surface area (Å²) < 4.78 is 0.229. The third kappa shape index (κ3) is 19.3. The van der Waals surface area contributed by atoms with Gasteiger partial charge in [-0.3, -0.25) is 14.4 Å². The molecule has 0 aliphatic heterocycles. The highest BCUT2D eigenvalue weighted by molar-refractivity contribution is 5.71. The maximum Gasteiger partial charge on any atom is 0.312 e. The van der Waals surface area contributed by atoms with E-state index >= 15 is 0 Å². The lowest BCUT2D eigenvalue weighted by Crippen LogP contribution is -2.58. The molecule has 0 aromatic heterocycles. The molecule has 0 aromatic carbocycles. The van der Waals surface area contributed by atoms with Crippen LogP contribution in [-0.4, -0.2) is 63.9 Å². The molecule has 7 heteroatoms. The van der Waals surface area contributed by atoms with E-state index < -0.39 is 35.7 Å². The SMILES string of the molecule is CCCCCCCCCCCCCCC/C=C/CCC[N+](CC(CC)C(=O)O)(CC(CC)C(=O)O)CC(CC)C(=O)O. The Hall–Kier alpha value is -1.89. The van der Waals surface area contributed by atoms with Gasteiger partial charge in [0.25, 0.3) is 0 Å². The first kappa shape index (κ1) is 40.1. The predicted molar refractivity (Wildman–Crippen MR) is 173 cm³/mol. The maximum absolute atomic E-state index is 12.0. The van der Waals surface area contributed by atoms with Crippen LogP contribution in [0.3, 0.4) is 0 Å². The molecule has 0 amide bonds. The Morgan fingerprint density at radius 1 is 0.500 bits per heavy atom. The van der Waals surface area contributed by atoms with Gasteiger partial charge in [-0.2, -0.15) is 0 Å². The van der Waals surface area contributed by atoms with Crippen LogP contribution in [0.15, 0.2) is 12.2 Å². The van der Waals surface area contributed by atoms with Crippen LogP contribution in [0.2, 0.25) is 0 Å². The van der Waals surface area contributed by atoms with Gasteiger partial charge < -0.3 is 19.8 Å². The number of quaternary nitrogens is 1. The zero-order valence-corrected chi connectivity index (χ0v) is 27.7. The van der Waals surface area contributed by atoms with Crippen molar-refractivity contribution in [2.45, 2.75) is 150 Å². The van der Waals surface area contributed by atoms with Gasteiger partial charge in [0.2, 0.25) is 0 Å². The third-order valence-corrected chi connectivity index (χ3v) is 8.99. The fourth-order valence-electron chi connectivity index (χ4n) is 6.11. The summed E-state index contributed by atoms with van der Waals surface area (Å²) in [6.07, 6.45) is 25.9. The Balaban J connectivity index is 4.77. The monoisotopic (exact) mass is 596 g/mol. The quantitative estimate of drug-likeness (QED) is 0.0433. The topological polar surface area (TPSA) is 112 Å². The normalized spacial score (nSPS) is 15.3. The minimum atomic E-state index is -0.899. The van der Waals surface area contributed by atoms with Crippen molar-refractivity contribution in [2.75, 3.05) is 26.2 Å². The minimum Gasteiger partial charge on any atom is -0.481 e. The van der Waals surface area contributed by atoms with Gasteiger partial charge in [-0.25, -0.2) is 0 Å². The fourth-order valence-corrected chi connectivity index (χ4v) is 6.11. The average molecular weight is 597 g/mol. The second-order valence-electron chi connectivity index (χ2n) is 12.6. The highest BCUT2D eigenvalue weighted by atomic mass is 16.4. The Morgan fingerprint density at radius 3 is 1.12 bits per heavy atom. The van der Waals surface area contributed by atoms with Crippen molar-refractivity contribution in [3.63, 3.8) is 0 Å². The van der Waals surface area contributed by atoms with E-state index in [-0.39, 0.29) is 24.1 Å². The largest absolute Gasteiger partial charge is 0.481 e. The summed E-state index contributed by atoms with van der Waals surface area (Å²) in [7, 11) is 0. The molecule has 0 bridgehead atoms. The molecule has 0 aliphatic carbocycles. The molecule has 0 saturated heterocycles. The van der Waals surface area contributed by atoms with E-state index in [0.29, 0.717) is 25.8 Å². The molecular weight excluding hydrogens is 530 g/mol. The Morgan fingerprint density at radius 2 is 0.810 bits per heavy atom. The van der Waals surface area contributed by atoms with E-state index in [4.69, 9.17) is 0 Å². The number of allylic oxidation sites excluding steroid dienone is 2. The second kappa shape index (κ2) is 25.6. The lowest BCUT2D eigenvalue weighted by atomic mass is 9.95. The van der Waals surface area contributed by atoms with Crippen molar-refractivity contribution in [3.05, 3.63) is 12.2 Å². The molecule has 0 rings (SSSR count). The summed E-state index contributed by atoms with van der Waals surface area (Å²) >= 11 is 0. The first-order valence-corrected chi connectivity index (χ1v) is 17.3. The van der Waals surface area contributed by atoms with Gasteiger partial charge in [-0.05, 0) is 38.5 Å². The van der Waals surface area contributed by atoms with Crippen molar-refractivity contribution >= 4 is 17.9 Å². The van der Waals surface area contributed by atoms with Gasteiger partial charge in [0.1, 0.15) is 17.8 Å². The molecule has 0 heterocycles. The molecule has 0 aliphatic rings. The van der Waals surface area contributed by atoms with E-state index in [1.54, 1.807) is 0 Å². The molecule has 246 valence electrons. The Kier molecular flexibility index (Phi) is 24.4. The van der Waals surface area contributed by atoms with E-state index in [1.165, 1.54) is 83.5 Å². The number of unbranched alkanes of at least 4 members (excludes halogenated alkanes) is 14. The zero-order valence-electron chi connectivity index (χ0n) is 27.7. The molecule has 3 atom stereocenters. The number of rotatable bonds is 30. The number of carbonyl (C=O) groups is 3. The molecule has 0 radical (unpaired) electrons. The van der Waals surface area contributed by atoms with Gasteiger partial charge in [0.15, 0.2) is 0 Å². The summed E-state index contributed by atoms with van der Waals surface area (Å²) in [5.41, 5.74) is 0. The third-order valence-electron chi connectivity index (χ3n) is 8.99. The van der Waals surface area contributed by atoms with E-state index in [0.717, 1.165) is 19.3 Å². The number of hydrogen-bond acceptors (Lipinski definition) is 3. The number of nitrogens with zero attached hydrogens (tertiary/aromatic N) is 1.